The number of carboxylic acid groups (broad SMARTS) is 1. The summed E-state index contributed by atoms with van der Waals surface area (Å²) in [7, 11) is 0. The number of H-pyrrole nitrogens is 1. The van der Waals surface area contributed by atoms with Crippen molar-refractivity contribution in [3.05, 3.63) is 71.9 Å². The van der Waals surface area contributed by atoms with Crippen molar-refractivity contribution in [3.63, 3.8) is 0 Å². The minimum atomic E-state index is -1.88. The van der Waals surface area contributed by atoms with Gasteiger partial charge in [-0.3, -0.25) is 77.3 Å². The number of aliphatic carboxylic acids is 1. The minimum absolute atomic E-state index is 0.0245. The molecule has 41 nitrogen and oxygen atoms in total. The van der Waals surface area contributed by atoms with Crippen molar-refractivity contribution in [1.82, 2.24) is 63.5 Å². The summed E-state index contributed by atoms with van der Waals surface area (Å²) in [5, 5.41) is 39.1. The van der Waals surface area contributed by atoms with Crippen LogP contribution in [0.15, 0.2) is 75.8 Å². The molecule has 2 aromatic carbocycles. The Morgan fingerprint density at radius 2 is 0.825 bits per heavy atom. The first kappa shape index (κ1) is 97.1. The van der Waals surface area contributed by atoms with Crippen LogP contribution in [-0.4, -0.2) is 234 Å². The number of fused-ring (bicyclic) bond motifs is 1. The molecule has 0 radical (unpaired) electrons. The van der Waals surface area contributed by atoms with E-state index in [1.807, 2.05) is 0 Å². The number of aromatic nitrogens is 1. The summed E-state index contributed by atoms with van der Waals surface area (Å²) >= 11 is 5.36. The van der Waals surface area contributed by atoms with Crippen LogP contribution >= 0.6 is 24.4 Å². The van der Waals surface area contributed by atoms with E-state index in [9.17, 15) is 67.4 Å². The molecule has 0 aliphatic rings. The summed E-state index contributed by atoms with van der Waals surface area (Å²) < 4.78 is 0. The first-order chi connectivity index (χ1) is 54.1. The number of aliphatic imine (C=N–C) groups is 3. The quantitative estimate of drug-likeness (QED) is 0.0108. The molecule has 0 spiro atoms. The Bertz CT molecular complexity index is 3770. The van der Waals surface area contributed by atoms with Gasteiger partial charge in [0, 0.05) is 61.7 Å². The fourth-order valence-corrected chi connectivity index (χ4v) is 12.1. The zero-order chi connectivity index (χ0) is 85.0. The average molecular weight is 1640 g/mol. The Morgan fingerprint density at radius 1 is 0.439 bits per heavy atom. The number of hydrogen-bond donors (Lipinski definition) is 25. The van der Waals surface area contributed by atoms with Gasteiger partial charge >= 0.3 is 5.97 Å². The third kappa shape index (κ3) is 36.6. The lowest BCUT2D eigenvalue weighted by Crippen LogP contribution is -2.61. The molecule has 35 N–H and O–H groups in total. The molecule has 1 aromatic heterocycles. The predicted octanol–water partition coefficient (Wildman–Crippen LogP) is -6.79. The van der Waals surface area contributed by atoms with Crippen molar-refractivity contribution >= 4 is 136 Å². The Kier molecular flexibility index (Phi) is 44.6. The van der Waals surface area contributed by atoms with Crippen LogP contribution in [0.1, 0.15) is 121 Å². The molecule has 632 valence electrons. The molecule has 0 bridgehead atoms. The Hall–Kier alpha value is -11.0. The van der Waals surface area contributed by atoms with Crippen molar-refractivity contribution in [2.45, 2.75) is 196 Å². The van der Waals surface area contributed by atoms with E-state index in [2.05, 4.69) is 91.1 Å². The lowest BCUT2D eigenvalue weighted by atomic mass is 10.0. The van der Waals surface area contributed by atoms with E-state index in [-0.39, 0.29) is 146 Å². The second-order valence-electron chi connectivity index (χ2n) is 27.2. The number of para-hydroxylation sites is 1. The third-order valence-electron chi connectivity index (χ3n) is 17.6. The lowest BCUT2D eigenvalue weighted by Gasteiger charge is -2.29. The highest BCUT2D eigenvalue weighted by Gasteiger charge is 2.38. The van der Waals surface area contributed by atoms with Crippen LogP contribution in [0.4, 0.5) is 0 Å². The largest absolute Gasteiger partial charge is 0.480 e. The van der Waals surface area contributed by atoms with Gasteiger partial charge in [-0.05, 0) is 132 Å². The molecular formula is C71H116N26O15S2. The number of nitrogens with two attached hydrogens (primary N) is 11. The van der Waals surface area contributed by atoms with E-state index in [4.69, 9.17) is 63.1 Å². The highest BCUT2D eigenvalue weighted by atomic mass is 32.2. The second-order valence-corrected chi connectivity index (χ2v) is 28.6. The molecule has 43 heteroatoms. The van der Waals surface area contributed by atoms with Crippen LogP contribution in [-0.2, 0) is 80.0 Å². The van der Waals surface area contributed by atoms with E-state index in [0.717, 1.165) is 0 Å². The van der Waals surface area contributed by atoms with Gasteiger partial charge in [0.25, 0.3) is 0 Å². The standard InChI is InChI=1S/C71H116N26O15S2/c1-38(2)56(67(110)93-50(68(111)112)23-14-31-85-71(81)82)97-63(106)44(19-9-10-27-72)87-59(102)46(21-12-29-83-69(77)78)89-62(105)49(26-32-114-3)92-66(109)53(35-55(76)99)96-60(103)47(22-13-30-84-70(79)80)88-58(101)45(20-11-28-73)90-65(108)52(34-40-36-86-43-18-8-7-17-41(40)43)95-61(104)48(24-25-54(75)98)91-64(107)51(94-57(100)42(74)37-113)33-39-15-5-4-6-16-39/h4-8,15-18,36,38,42,44-53,56,86,113H,9-14,19-35,37,72-74H2,1-3H3,(H2,75,98)(H2,76,99)(H,87,102)(H,88,101)(H,89,105)(H,90,108)(H,91,107)(H,92,109)(H,93,110)(H,94,100)(H,95,104)(H,96,103)(H,97,106)(H,111,112)(H4,77,78,83)(H4,79,80,84)(H4,81,82,85)/t42-,44-,45-,46-,47-,48-,49-,50-,51-,52-,53-,56-/m0/s1. The molecule has 0 unspecified atom stereocenters. The number of guanidine groups is 3. The molecule has 0 aliphatic heterocycles. The molecule has 12 atom stereocenters. The zero-order valence-corrected chi connectivity index (χ0v) is 66.2. The fourth-order valence-electron chi connectivity index (χ4n) is 11.5. The number of thiol groups is 1. The number of rotatable bonds is 56. The number of benzene rings is 2. The molecule has 114 heavy (non-hydrogen) atoms. The summed E-state index contributed by atoms with van der Waals surface area (Å²) in [6.45, 7) is 3.28. The summed E-state index contributed by atoms with van der Waals surface area (Å²) in [6, 6.07) is -2.29. The molecule has 0 aliphatic carbocycles. The van der Waals surface area contributed by atoms with Crippen LogP contribution in [0, 0.1) is 5.92 Å². The number of carboxylic acids is 1. The predicted molar refractivity (Wildman–Crippen MR) is 434 cm³/mol. The number of carbonyl (C=O) groups is 14. The number of unbranched alkanes of at least 4 members (excludes halogenated alkanes) is 1. The molecule has 3 aromatic rings. The number of hydrogen-bond acceptors (Lipinski definition) is 22. The average Bonchev–Trinajstić information content (AvgIpc) is 1.65. The van der Waals surface area contributed by atoms with Crippen LogP contribution < -0.4 is 122 Å². The maximum atomic E-state index is 15.0. The van der Waals surface area contributed by atoms with Crippen LogP contribution in [0.5, 0.6) is 0 Å². The summed E-state index contributed by atoms with van der Waals surface area (Å²) in [6.07, 6.45) is 1.26. The zero-order valence-electron chi connectivity index (χ0n) is 64.5. The van der Waals surface area contributed by atoms with Crippen molar-refractivity contribution in [2.75, 3.05) is 50.5 Å². The third-order valence-corrected chi connectivity index (χ3v) is 18.7. The fraction of sp³-hybridized carbons (Fsp3) is 0.563. The van der Waals surface area contributed by atoms with E-state index >= 15 is 4.79 Å². The van der Waals surface area contributed by atoms with Gasteiger partial charge in [-0.1, -0.05) is 62.4 Å². The first-order valence-electron chi connectivity index (χ1n) is 37.3. The maximum Gasteiger partial charge on any atom is 0.326 e. The number of nitrogens with zero attached hydrogens (tertiary/aromatic N) is 3. The van der Waals surface area contributed by atoms with Crippen molar-refractivity contribution in [1.29, 1.82) is 0 Å². The topological polar surface area (TPSA) is 731 Å². The molecule has 0 fully saturated rings. The highest BCUT2D eigenvalue weighted by molar-refractivity contribution is 7.98. The number of carbonyl (C=O) groups excluding carboxylic acids is 13. The van der Waals surface area contributed by atoms with Crippen molar-refractivity contribution in [2.24, 2.45) is 84.0 Å². The maximum absolute atomic E-state index is 15.0. The van der Waals surface area contributed by atoms with Gasteiger partial charge in [0.05, 0.1) is 12.5 Å². The van der Waals surface area contributed by atoms with E-state index < -0.39 is 180 Å². The number of amides is 13. The van der Waals surface area contributed by atoms with Gasteiger partial charge in [0.15, 0.2) is 17.9 Å². The minimum Gasteiger partial charge on any atom is -0.480 e. The van der Waals surface area contributed by atoms with Crippen LogP contribution in [0.2, 0.25) is 0 Å². The molecule has 0 saturated heterocycles. The van der Waals surface area contributed by atoms with Gasteiger partial charge in [-0.2, -0.15) is 24.4 Å². The molecule has 13 amide bonds. The van der Waals surface area contributed by atoms with Gasteiger partial charge in [0.1, 0.15) is 66.5 Å². The summed E-state index contributed by atoms with van der Waals surface area (Å²) in [4.78, 5) is 211. The second kappa shape index (κ2) is 52.3. The first-order valence-corrected chi connectivity index (χ1v) is 39.3. The molecular weight excluding hydrogens is 1520 g/mol. The Labute approximate surface area is 670 Å². The Morgan fingerprint density at radius 3 is 1.27 bits per heavy atom. The molecule has 3 rings (SSSR count). The monoisotopic (exact) mass is 1640 g/mol. The van der Waals surface area contributed by atoms with Crippen LogP contribution in [0.3, 0.4) is 0 Å². The van der Waals surface area contributed by atoms with Gasteiger partial charge < -0.3 is 132 Å². The number of primary amides is 2. The summed E-state index contributed by atoms with van der Waals surface area (Å²) in [5.74, 6) is -15.1. The lowest BCUT2D eigenvalue weighted by molar-refractivity contribution is -0.143. The molecule has 1 heterocycles. The smallest absolute Gasteiger partial charge is 0.326 e. The van der Waals surface area contributed by atoms with E-state index in [1.165, 1.54) is 11.8 Å². The van der Waals surface area contributed by atoms with Crippen LogP contribution in [0.25, 0.3) is 10.9 Å². The van der Waals surface area contributed by atoms with Gasteiger partial charge in [-0.15, -0.1) is 0 Å². The SMILES string of the molecule is CSCC[C@H](NC(=O)[C@H](CC(N)=O)NC(=O)[C@H](CCCN=C(N)N)NC(=O)[C@H](CCCN)NC(=O)[C@H](Cc1c[nH]c2ccccc12)NC(=O)[C@H](CCC(N)=O)NC(=O)[C@H](Cc1ccccc1)NC(=O)[C@@H](N)CS)C(=O)N[C@@H](CCCN=C(N)N)C(=O)N[C@@H](CCCCN)C(=O)N[C@H](C(=O)N[C@@H](CCCN=C(N)N)C(=O)O)C(C)C. The van der Waals surface area contributed by atoms with E-state index in [0.29, 0.717) is 28.5 Å². The normalized spacial score (nSPS) is 14.2. The van der Waals surface area contributed by atoms with Gasteiger partial charge in [0.2, 0.25) is 76.8 Å². The summed E-state index contributed by atoms with van der Waals surface area (Å²) in [5.41, 5.74) is 63.9. The van der Waals surface area contributed by atoms with Gasteiger partial charge in [-0.25, -0.2) is 4.79 Å². The highest BCUT2D eigenvalue weighted by Crippen LogP contribution is 2.21. The molecule has 0 saturated carbocycles. The number of thioether (sulfide) groups is 1. The van der Waals surface area contributed by atoms with Crippen molar-refractivity contribution in [3.8, 4) is 0 Å². The van der Waals surface area contributed by atoms with Crippen molar-refractivity contribution < 1.29 is 72.2 Å². The number of nitrogens with one attached hydrogen (secondary N) is 12. The van der Waals surface area contributed by atoms with E-state index in [1.54, 1.807) is 80.9 Å². The number of aromatic amines is 1. The Balaban J connectivity index is 2.06.